The summed E-state index contributed by atoms with van der Waals surface area (Å²) in [5, 5.41) is 3.38. The number of nitrogens with zero attached hydrogens (tertiary/aromatic N) is 1. The highest BCUT2D eigenvalue weighted by Crippen LogP contribution is 2.52. The summed E-state index contributed by atoms with van der Waals surface area (Å²) in [6.45, 7) is 2.82. The Balaban J connectivity index is 1.56. The number of nitrogens with two attached hydrogens (primary N) is 1. The average molecular weight is 415 g/mol. The normalized spacial score (nSPS) is 22.0. The summed E-state index contributed by atoms with van der Waals surface area (Å²) >= 11 is 0. The van der Waals surface area contributed by atoms with Crippen molar-refractivity contribution in [1.29, 1.82) is 0 Å². The summed E-state index contributed by atoms with van der Waals surface area (Å²) < 4.78 is 17.0. The van der Waals surface area contributed by atoms with Gasteiger partial charge in [0.25, 0.3) is 0 Å². The van der Waals surface area contributed by atoms with E-state index >= 15 is 0 Å². The Kier molecular flexibility index (Phi) is 3.65. The van der Waals surface area contributed by atoms with E-state index in [4.69, 9.17) is 19.6 Å². The third-order valence-corrected chi connectivity index (χ3v) is 6.35. The van der Waals surface area contributed by atoms with E-state index in [9.17, 15) is 4.79 Å². The first-order valence-corrected chi connectivity index (χ1v) is 10.2. The van der Waals surface area contributed by atoms with Crippen molar-refractivity contribution in [2.45, 2.75) is 18.9 Å². The Bertz CT molecular complexity index is 1260. The van der Waals surface area contributed by atoms with Gasteiger partial charge in [-0.1, -0.05) is 18.2 Å². The zero-order valence-corrected chi connectivity index (χ0v) is 17.0. The van der Waals surface area contributed by atoms with Gasteiger partial charge < -0.3 is 29.8 Å². The predicted octanol–water partition coefficient (Wildman–Crippen LogP) is 3.01. The molecule has 3 aliphatic rings. The largest absolute Gasteiger partial charge is 0.464 e. The molecule has 4 heterocycles. The maximum absolute atomic E-state index is 14.1. The lowest BCUT2D eigenvalue weighted by atomic mass is 9.70. The van der Waals surface area contributed by atoms with Crippen molar-refractivity contribution >= 4 is 17.3 Å². The Hall–Kier alpha value is -3.87. The summed E-state index contributed by atoms with van der Waals surface area (Å²) in [4.78, 5) is 15.9. The number of nitrogens with one attached hydrogen (secondary N) is 1. The molecule has 7 heteroatoms. The lowest BCUT2D eigenvalue weighted by Gasteiger charge is -2.37. The molecule has 0 saturated heterocycles. The quantitative estimate of drug-likeness (QED) is 0.669. The van der Waals surface area contributed by atoms with Crippen LogP contribution in [0.3, 0.4) is 0 Å². The number of anilines is 1. The number of aryl methyl sites for hydroxylation is 1. The number of para-hydroxylation sites is 1. The number of benzene rings is 2. The van der Waals surface area contributed by atoms with E-state index in [1.54, 1.807) is 4.90 Å². The van der Waals surface area contributed by atoms with Gasteiger partial charge in [-0.25, -0.2) is 0 Å². The molecule has 0 bridgehead atoms. The summed E-state index contributed by atoms with van der Waals surface area (Å²) in [5.74, 6) is 2.85. The number of fused-ring (bicyclic) bond motifs is 5. The molecule has 3 N–H and O–H groups in total. The first-order valence-electron chi connectivity index (χ1n) is 10.2. The third-order valence-electron chi connectivity index (χ3n) is 6.35. The van der Waals surface area contributed by atoms with Crippen LogP contribution in [0.1, 0.15) is 28.2 Å². The first-order chi connectivity index (χ1) is 15.1. The van der Waals surface area contributed by atoms with Gasteiger partial charge >= 0.3 is 0 Å². The molecule has 3 aliphatic heterocycles. The summed E-state index contributed by atoms with van der Waals surface area (Å²) in [6, 6.07) is 15.6. The van der Waals surface area contributed by atoms with Gasteiger partial charge in [0.15, 0.2) is 11.5 Å². The standard InChI is InChI=1S/C24H21N3O4/c1-14-6-7-15(31-14)11-27-20-5-3-2-4-17(20)24(23(27)28)12-26-19(10-25)16-8-21-22(9-18(16)24)30-13-29-21/h2-10,26H,11-13,25H2,1H3/b19-10-. The number of amides is 1. The summed E-state index contributed by atoms with van der Waals surface area (Å²) in [6.07, 6.45) is 1.53. The van der Waals surface area contributed by atoms with Gasteiger partial charge in [-0.3, -0.25) is 4.79 Å². The van der Waals surface area contributed by atoms with Crippen LogP contribution in [0.25, 0.3) is 5.70 Å². The van der Waals surface area contributed by atoms with Crippen molar-refractivity contribution in [3.8, 4) is 11.5 Å². The number of ether oxygens (including phenoxy) is 2. The van der Waals surface area contributed by atoms with E-state index in [-0.39, 0.29) is 12.7 Å². The summed E-state index contributed by atoms with van der Waals surface area (Å²) in [5.41, 5.74) is 9.31. The maximum Gasteiger partial charge on any atom is 0.244 e. The molecule has 2 aromatic carbocycles. The molecule has 156 valence electrons. The van der Waals surface area contributed by atoms with Crippen LogP contribution in [0.5, 0.6) is 11.5 Å². The smallest absolute Gasteiger partial charge is 0.244 e. The Morgan fingerprint density at radius 2 is 1.94 bits per heavy atom. The minimum absolute atomic E-state index is 0.00793. The number of furan rings is 1. The van der Waals surface area contributed by atoms with Crippen molar-refractivity contribution < 1.29 is 18.7 Å². The van der Waals surface area contributed by atoms with E-state index in [1.165, 1.54) is 6.20 Å². The SMILES string of the molecule is Cc1ccc(CN2C(=O)C3(CN/C(=C\N)c4cc5c(cc43)OCO5)c3ccccc32)o1. The molecule has 1 spiro atoms. The molecule has 0 saturated carbocycles. The van der Waals surface area contributed by atoms with E-state index in [0.29, 0.717) is 24.6 Å². The lowest BCUT2D eigenvalue weighted by Crippen LogP contribution is -2.50. The number of carbonyl (C=O) groups excluding carboxylic acids is 1. The van der Waals surface area contributed by atoms with Crippen LogP contribution in [-0.2, 0) is 16.8 Å². The van der Waals surface area contributed by atoms with Gasteiger partial charge in [0.05, 0.1) is 12.2 Å². The lowest BCUT2D eigenvalue weighted by molar-refractivity contribution is -0.122. The van der Waals surface area contributed by atoms with Crippen molar-refractivity contribution in [3.63, 3.8) is 0 Å². The molecular formula is C24H21N3O4. The Morgan fingerprint density at radius 1 is 1.13 bits per heavy atom. The van der Waals surface area contributed by atoms with E-state index in [1.807, 2.05) is 55.5 Å². The second-order valence-corrected chi connectivity index (χ2v) is 8.01. The molecule has 1 aromatic heterocycles. The molecule has 0 radical (unpaired) electrons. The van der Waals surface area contributed by atoms with Crippen LogP contribution in [0.2, 0.25) is 0 Å². The zero-order valence-electron chi connectivity index (χ0n) is 17.0. The highest BCUT2D eigenvalue weighted by molar-refractivity contribution is 6.12. The molecule has 3 aromatic rings. The Labute approximate surface area is 179 Å². The monoisotopic (exact) mass is 415 g/mol. The number of hydrogen-bond acceptors (Lipinski definition) is 6. The minimum atomic E-state index is -0.902. The number of hydrogen-bond donors (Lipinski definition) is 2. The molecule has 0 fully saturated rings. The molecule has 0 aliphatic carbocycles. The first kappa shape index (κ1) is 17.9. The highest BCUT2D eigenvalue weighted by Gasteiger charge is 2.55. The molecule has 31 heavy (non-hydrogen) atoms. The van der Waals surface area contributed by atoms with Crippen LogP contribution >= 0.6 is 0 Å². The van der Waals surface area contributed by atoms with Crippen molar-refractivity contribution in [3.05, 3.63) is 82.9 Å². The van der Waals surface area contributed by atoms with Crippen LogP contribution in [-0.4, -0.2) is 19.2 Å². The maximum atomic E-state index is 14.1. The number of carbonyl (C=O) groups is 1. The second-order valence-electron chi connectivity index (χ2n) is 8.01. The van der Waals surface area contributed by atoms with Gasteiger partial charge in [0, 0.05) is 24.0 Å². The van der Waals surface area contributed by atoms with Gasteiger partial charge in [0.2, 0.25) is 12.7 Å². The summed E-state index contributed by atoms with van der Waals surface area (Å²) in [7, 11) is 0. The molecule has 1 amide bonds. The van der Waals surface area contributed by atoms with Crippen molar-refractivity contribution in [1.82, 2.24) is 5.32 Å². The fourth-order valence-corrected chi connectivity index (χ4v) is 4.92. The van der Waals surface area contributed by atoms with Crippen LogP contribution in [0.15, 0.2) is 59.1 Å². The average Bonchev–Trinajstić information content (AvgIpc) is 3.47. The molecule has 7 nitrogen and oxygen atoms in total. The fourth-order valence-electron chi connectivity index (χ4n) is 4.92. The molecular weight excluding hydrogens is 394 g/mol. The fraction of sp³-hybridized carbons (Fsp3) is 0.208. The topological polar surface area (TPSA) is 90.0 Å². The van der Waals surface area contributed by atoms with Crippen LogP contribution < -0.4 is 25.4 Å². The molecule has 6 rings (SSSR count). The third kappa shape index (κ3) is 2.37. The van der Waals surface area contributed by atoms with Gasteiger partial charge in [-0.2, -0.15) is 0 Å². The molecule has 1 atom stereocenters. The molecule has 1 unspecified atom stereocenters. The van der Waals surface area contributed by atoms with Crippen LogP contribution in [0, 0.1) is 6.92 Å². The predicted molar refractivity (Wildman–Crippen MR) is 115 cm³/mol. The highest BCUT2D eigenvalue weighted by atomic mass is 16.7. The Morgan fingerprint density at radius 3 is 2.71 bits per heavy atom. The van der Waals surface area contributed by atoms with Gasteiger partial charge in [0.1, 0.15) is 16.9 Å². The van der Waals surface area contributed by atoms with E-state index < -0.39 is 5.41 Å². The van der Waals surface area contributed by atoms with Gasteiger partial charge in [-0.05, 0) is 48.4 Å². The van der Waals surface area contributed by atoms with Crippen LogP contribution in [0.4, 0.5) is 5.69 Å². The van der Waals surface area contributed by atoms with Crippen molar-refractivity contribution in [2.24, 2.45) is 5.73 Å². The van der Waals surface area contributed by atoms with E-state index in [0.717, 1.165) is 39.6 Å². The second kappa shape index (κ2) is 6.31. The number of rotatable bonds is 2. The van der Waals surface area contributed by atoms with E-state index in [2.05, 4.69) is 5.32 Å². The minimum Gasteiger partial charge on any atom is -0.464 e. The van der Waals surface area contributed by atoms with Gasteiger partial charge in [-0.15, -0.1) is 0 Å². The van der Waals surface area contributed by atoms with Crippen molar-refractivity contribution in [2.75, 3.05) is 18.2 Å². The zero-order chi connectivity index (χ0) is 21.2.